The zero-order valence-corrected chi connectivity index (χ0v) is 15.2. The predicted molar refractivity (Wildman–Crippen MR) is 93.0 cm³/mol. The summed E-state index contributed by atoms with van der Waals surface area (Å²) in [6.07, 6.45) is 0. The molecule has 0 aliphatic rings. The van der Waals surface area contributed by atoms with Gasteiger partial charge in [0.05, 0.1) is 7.11 Å². The topological polar surface area (TPSA) is 66.9 Å². The zero-order chi connectivity index (χ0) is 18.8. The minimum absolute atomic E-state index is 0.0987. The molecule has 2 rings (SSSR count). The van der Waals surface area contributed by atoms with Gasteiger partial charge in [0.1, 0.15) is 16.5 Å². The van der Waals surface area contributed by atoms with E-state index in [1.807, 2.05) is 0 Å². The van der Waals surface area contributed by atoms with E-state index in [4.69, 9.17) is 4.74 Å². The van der Waals surface area contributed by atoms with Crippen LogP contribution in [-0.2, 0) is 10.0 Å². The molecule has 2 aromatic carbocycles. The first-order valence-electron chi connectivity index (χ1n) is 7.32. The summed E-state index contributed by atoms with van der Waals surface area (Å²) in [5.74, 6) is -0.687. The van der Waals surface area contributed by atoms with Gasteiger partial charge in [0.15, 0.2) is 0 Å². The minimum Gasteiger partial charge on any atom is -0.495 e. The van der Waals surface area contributed by atoms with E-state index in [1.54, 1.807) is 0 Å². The SMILES string of the molecule is COc1ccc(C(=O)N(C)c2ccc(F)cc2)cc1S(=O)(=O)N(C)C. The normalized spacial score (nSPS) is 11.4. The first-order valence-corrected chi connectivity index (χ1v) is 8.76. The number of hydrogen-bond donors (Lipinski definition) is 0. The Hall–Kier alpha value is -2.45. The Bertz CT molecular complexity index is 880. The standard InChI is InChI=1S/C17H19FN2O4S/c1-19(2)25(22,23)16-11-12(5-10-15(16)24-4)17(21)20(3)14-8-6-13(18)7-9-14/h5-11H,1-4H3. The van der Waals surface area contributed by atoms with Crippen molar-refractivity contribution in [3.63, 3.8) is 0 Å². The monoisotopic (exact) mass is 366 g/mol. The fraction of sp³-hybridized carbons (Fsp3) is 0.235. The summed E-state index contributed by atoms with van der Waals surface area (Å²) in [7, 11) is 1.89. The summed E-state index contributed by atoms with van der Waals surface area (Å²) >= 11 is 0. The molecule has 0 aliphatic heterocycles. The van der Waals surface area contributed by atoms with Crippen molar-refractivity contribution >= 4 is 21.6 Å². The van der Waals surface area contributed by atoms with Gasteiger partial charge in [0, 0.05) is 32.4 Å². The Morgan fingerprint density at radius 2 is 1.64 bits per heavy atom. The molecular formula is C17H19FN2O4S. The fourth-order valence-electron chi connectivity index (χ4n) is 2.18. The Morgan fingerprint density at radius 3 is 2.16 bits per heavy atom. The molecule has 25 heavy (non-hydrogen) atoms. The first kappa shape index (κ1) is 18.9. The summed E-state index contributed by atoms with van der Waals surface area (Å²) in [5.41, 5.74) is 0.660. The van der Waals surface area contributed by atoms with E-state index in [0.29, 0.717) is 5.69 Å². The molecule has 0 heterocycles. The number of benzene rings is 2. The van der Waals surface area contributed by atoms with Gasteiger partial charge in [-0.25, -0.2) is 17.1 Å². The van der Waals surface area contributed by atoms with Gasteiger partial charge >= 0.3 is 0 Å². The molecule has 0 atom stereocenters. The lowest BCUT2D eigenvalue weighted by molar-refractivity contribution is 0.0992. The van der Waals surface area contributed by atoms with Gasteiger partial charge in [0.25, 0.3) is 5.91 Å². The van der Waals surface area contributed by atoms with Crippen molar-refractivity contribution < 1.29 is 22.3 Å². The second kappa shape index (κ2) is 7.20. The number of amides is 1. The number of methoxy groups -OCH3 is 1. The molecule has 8 heteroatoms. The Kier molecular flexibility index (Phi) is 5.44. The van der Waals surface area contributed by atoms with Crippen molar-refractivity contribution in [2.24, 2.45) is 0 Å². The molecule has 0 aliphatic carbocycles. The second-order valence-electron chi connectivity index (χ2n) is 5.49. The minimum atomic E-state index is -3.78. The highest BCUT2D eigenvalue weighted by Crippen LogP contribution is 2.28. The van der Waals surface area contributed by atoms with Crippen LogP contribution in [0.1, 0.15) is 10.4 Å². The zero-order valence-electron chi connectivity index (χ0n) is 14.4. The number of hydrogen-bond acceptors (Lipinski definition) is 4. The summed E-state index contributed by atoms with van der Waals surface area (Å²) < 4.78 is 44.1. The molecular weight excluding hydrogens is 347 g/mol. The summed E-state index contributed by atoms with van der Waals surface area (Å²) in [6.45, 7) is 0. The molecule has 0 N–H and O–H groups in total. The molecule has 0 bridgehead atoms. The number of nitrogens with zero attached hydrogens (tertiary/aromatic N) is 2. The molecule has 0 fully saturated rings. The Balaban J connectivity index is 2.46. The van der Waals surface area contributed by atoms with E-state index in [1.165, 1.54) is 75.6 Å². The van der Waals surface area contributed by atoms with Crippen LogP contribution in [0.15, 0.2) is 47.4 Å². The third kappa shape index (κ3) is 3.80. The van der Waals surface area contributed by atoms with Crippen LogP contribution in [0.25, 0.3) is 0 Å². The van der Waals surface area contributed by atoms with Crippen molar-refractivity contribution in [2.75, 3.05) is 33.2 Å². The maximum atomic E-state index is 13.0. The van der Waals surface area contributed by atoms with E-state index in [2.05, 4.69) is 0 Å². The summed E-state index contributed by atoms with van der Waals surface area (Å²) in [6, 6.07) is 9.61. The van der Waals surface area contributed by atoms with Crippen LogP contribution in [-0.4, -0.2) is 46.9 Å². The number of anilines is 1. The molecule has 0 aromatic heterocycles. The summed E-state index contributed by atoms with van der Waals surface area (Å²) in [4.78, 5) is 13.9. The third-order valence-corrected chi connectivity index (χ3v) is 5.52. The van der Waals surface area contributed by atoms with Crippen LogP contribution in [0.3, 0.4) is 0 Å². The van der Waals surface area contributed by atoms with Crippen molar-refractivity contribution in [1.82, 2.24) is 4.31 Å². The van der Waals surface area contributed by atoms with E-state index >= 15 is 0 Å². The predicted octanol–water partition coefficient (Wildman–Crippen LogP) is 2.36. The number of carbonyl (C=O) groups is 1. The van der Waals surface area contributed by atoms with Crippen molar-refractivity contribution in [3.8, 4) is 5.75 Å². The Labute approximate surface area is 146 Å². The molecule has 0 saturated heterocycles. The maximum absolute atomic E-state index is 13.0. The molecule has 1 amide bonds. The van der Waals surface area contributed by atoms with Gasteiger partial charge in [-0.05, 0) is 42.5 Å². The van der Waals surface area contributed by atoms with Crippen LogP contribution < -0.4 is 9.64 Å². The van der Waals surface area contributed by atoms with Crippen molar-refractivity contribution in [3.05, 3.63) is 53.8 Å². The van der Waals surface area contributed by atoms with Gasteiger partial charge in [-0.3, -0.25) is 4.79 Å². The van der Waals surface area contributed by atoms with Gasteiger partial charge < -0.3 is 9.64 Å². The first-order chi connectivity index (χ1) is 11.7. The van der Waals surface area contributed by atoms with Crippen molar-refractivity contribution in [1.29, 1.82) is 0 Å². The fourth-order valence-corrected chi connectivity index (χ4v) is 3.26. The van der Waals surface area contributed by atoms with Crippen LogP contribution in [0.2, 0.25) is 0 Å². The third-order valence-electron chi connectivity index (χ3n) is 3.69. The number of carbonyl (C=O) groups excluding carboxylic acids is 1. The summed E-state index contributed by atoms with van der Waals surface area (Å²) in [5, 5.41) is 0. The molecule has 2 aromatic rings. The van der Waals surface area contributed by atoms with E-state index in [9.17, 15) is 17.6 Å². The average molecular weight is 366 g/mol. The Morgan fingerprint density at radius 1 is 1.04 bits per heavy atom. The highest BCUT2D eigenvalue weighted by atomic mass is 32.2. The average Bonchev–Trinajstić information content (AvgIpc) is 2.60. The highest BCUT2D eigenvalue weighted by Gasteiger charge is 2.25. The maximum Gasteiger partial charge on any atom is 0.258 e. The molecule has 0 spiro atoms. The quantitative estimate of drug-likeness (QED) is 0.815. The number of ether oxygens (including phenoxy) is 1. The molecule has 134 valence electrons. The van der Waals surface area contributed by atoms with Gasteiger partial charge in [-0.2, -0.15) is 0 Å². The number of sulfonamides is 1. The molecule has 6 nitrogen and oxygen atoms in total. The number of rotatable bonds is 5. The smallest absolute Gasteiger partial charge is 0.258 e. The van der Waals surface area contributed by atoms with Crippen molar-refractivity contribution in [2.45, 2.75) is 4.90 Å². The largest absolute Gasteiger partial charge is 0.495 e. The molecule has 0 unspecified atom stereocenters. The lowest BCUT2D eigenvalue weighted by Gasteiger charge is -2.19. The van der Waals surface area contributed by atoms with Gasteiger partial charge in [-0.15, -0.1) is 0 Å². The van der Waals surface area contributed by atoms with E-state index < -0.39 is 21.7 Å². The second-order valence-corrected chi connectivity index (χ2v) is 7.61. The highest BCUT2D eigenvalue weighted by molar-refractivity contribution is 7.89. The molecule has 0 saturated carbocycles. The van der Waals surface area contributed by atoms with E-state index in [-0.39, 0.29) is 16.2 Å². The number of halogens is 1. The van der Waals surface area contributed by atoms with Crippen LogP contribution in [0, 0.1) is 5.82 Å². The van der Waals surface area contributed by atoms with Crippen LogP contribution in [0.5, 0.6) is 5.75 Å². The van der Waals surface area contributed by atoms with Gasteiger partial charge in [-0.1, -0.05) is 0 Å². The van der Waals surface area contributed by atoms with E-state index in [0.717, 1.165) is 4.31 Å². The molecule has 0 radical (unpaired) electrons. The van der Waals surface area contributed by atoms with Crippen LogP contribution >= 0.6 is 0 Å². The van der Waals surface area contributed by atoms with Gasteiger partial charge in [0.2, 0.25) is 10.0 Å². The van der Waals surface area contributed by atoms with Crippen LogP contribution in [0.4, 0.5) is 10.1 Å². The lowest BCUT2D eigenvalue weighted by Crippen LogP contribution is -2.27. The lowest BCUT2D eigenvalue weighted by atomic mass is 10.1.